The Morgan fingerprint density at radius 2 is 1.40 bits per heavy atom. The van der Waals surface area contributed by atoms with Gasteiger partial charge < -0.3 is 19.7 Å². The predicted octanol–water partition coefficient (Wildman–Crippen LogP) is 2.11. The molecule has 0 aliphatic rings. The van der Waals surface area contributed by atoms with Crippen molar-refractivity contribution in [2.45, 2.75) is 6.92 Å². The highest BCUT2D eigenvalue weighted by atomic mass is 16.7. The number of carbonyl (C=O) groups is 2. The van der Waals surface area contributed by atoms with Crippen LogP contribution in [0.5, 0.6) is 11.5 Å². The second-order valence-corrected chi connectivity index (χ2v) is 2.72. The average molecular weight is 212 g/mol. The minimum absolute atomic E-state index is 0.0127. The fourth-order valence-electron chi connectivity index (χ4n) is 1.03. The number of carboxylic acid groups (broad SMARTS) is 2. The maximum absolute atomic E-state index is 10.2. The lowest BCUT2D eigenvalue weighted by Crippen LogP contribution is -2.05. The molecular weight excluding hydrogens is 204 g/mol. The van der Waals surface area contributed by atoms with Crippen LogP contribution in [-0.2, 0) is 0 Å². The van der Waals surface area contributed by atoms with E-state index in [1.54, 1.807) is 6.92 Å². The number of benzene rings is 1. The molecule has 1 aromatic rings. The summed E-state index contributed by atoms with van der Waals surface area (Å²) in [5, 5.41) is 16.7. The average Bonchev–Trinajstić information content (AvgIpc) is 1.98. The Hall–Kier alpha value is -2.24. The highest BCUT2D eigenvalue weighted by Gasteiger charge is 2.07. The van der Waals surface area contributed by atoms with Crippen LogP contribution < -0.4 is 9.47 Å². The van der Waals surface area contributed by atoms with Crippen molar-refractivity contribution in [3.8, 4) is 11.5 Å². The zero-order valence-corrected chi connectivity index (χ0v) is 7.76. The Morgan fingerprint density at radius 1 is 1.00 bits per heavy atom. The molecule has 6 nitrogen and oxygen atoms in total. The van der Waals surface area contributed by atoms with Gasteiger partial charge in [0, 0.05) is 6.07 Å². The van der Waals surface area contributed by atoms with Crippen molar-refractivity contribution in [1.29, 1.82) is 0 Å². The molecular formula is C9H8O6. The standard InChI is InChI=1S/C9H8O6/c1-5-2-6(14-8(10)11)4-7(3-5)15-9(12)13/h2-4H,1H3,(H,10,11)(H,12,13). The molecule has 0 bridgehead atoms. The Kier molecular flexibility index (Phi) is 3.12. The molecule has 80 valence electrons. The maximum atomic E-state index is 10.2. The Morgan fingerprint density at radius 3 is 1.73 bits per heavy atom. The van der Waals surface area contributed by atoms with Crippen LogP contribution in [0.1, 0.15) is 5.56 Å². The fourth-order valence-corrected chi connectivity index (χ4v) is 1.03. The fraction of sp³-hybridized carbons (Fsp3) is 0.111. The molecule has 0 aromatic heterocycles. The molecule has 0 radical (unpaired) electrons. The van der Waals surface area contributed by atoms with Gasteiger partial charge in [-0.15, -0.1) is 0 Å². The van der Waals surface area contributed by atoms with Gasteiger partial charge >= 0.3 is 12.3 Å². The van der Waals surface area contributed by atoms with Crippen molar-refractivity contribution in [2.75, 3.05) is 0 Å². The van der Waals surface area contributed by atoms with Gasteiger partial charge in [-0.05, 0) is 24.6 Å². The van der Waals surface area contributed by atoms with Crippen LogP contribution in [0.2, 0.25) is 0 Å². The van der Waals surface area contributed by atoms with Gasteiger partial charge in [0.25, 0.3) is 0 Å². The minimum Gasteiger partial charge on any atom is -0.449 e. The SMILES string of the molecule is Cc1cc(OC(=O)O)cc(OC(=O)O)c1. The van der Waals surface area contributed by atoms with Crippen molar-refractivity contribution >= 4 is 12.3 Å². The third-order valence-electron chi connectivity index (χ3n) is 1.43. The first-order valence-corrected chi connectivity index (χ1v) is 3.90. The van der Waals surface area contributed by atoms with Crippen LogP contribution in [0.15, 0.2) is 18.2 Å². The van der Waals surface area contributed by atoms with E-state index in [9.17, 15) is 9.59 Å². The third kappa shape index (κ3) is 3.55. The van der Waals surface area contributed by atoms with Crippen LogP contribution in [0.4, 0.5) is 9.59 Å². The molecule has 0 atom stereocenters. The van der Waals surface area contributed by atoms with E-state index in [1.807, 2.05) is 0 Å². The quantitative estimate of drug-likeness (QED) is 0.576. The summed E-state index contributed by atoms with van der Waals surface area (Å²) in [7, 11) is 0. The van der Waals surface area contributed by atoms with Crippen LogP contribution in [0, 0.1) is 6.92 Å². The zero-order chi connectivity index (χ0) is 11.4. The number of ether oxygens (including phenoxy) is 2. The normalized spacial score (nSPS) is 9.40. The van der Waals surface area contributed by atoms with Gasteiger partial charge in [0.05, 0.1) is 0 Å². The van der Waals surface area contributed by atoms with Crippen LogP contribution in [0.25, 0.3) is 0 Å². The van der Waals surface area contributed by atoms with Gasteiger partial charge in [-0.2, -0.15) is 0 Å². The van der Waals surface area contributed by atoms with E-state index in [-0.39, 0.29) is 11.5 Å². The van der Waals surface area contributed by atoms with Crippen LogP contribution in [-0.4, -0.2) is 22.5 Å². The zero-order valence-electron chi connectivity index (χ0n) is 7.76. The first-order valence-electron chi connectivity index (χ1n) is 3.90. The topological polar surface area (TPSA) is 93.1 Å². The van der Waals surface area contributed by atoms with E-state index in [2.05, 4.69) is 9.47 Å². The summed E-state index contributed by atoms with van der Waals surface area (Å²) in [4.78, 5) is 20.5. The number of hydrogen-bond donors (Lipinski definition) is 2. The monoisotopic (exact) mass is 212 g/mol. The van der Waals surface area contributed by atoms with Gasteiger partial charge in [0.1, 0.15) is 11.5 Å². The van der Waals surface area contributed by atoms with Crippen molar-refractivity contribution < 1.29 is 29.3 Å². The molecule has 0 saturated heterocycles. The third-order valence-corrected chi connectivity index (χ3v) is 1.43. The van der Waals surface area contributed by atoms with Gasteiger partial charge in [-0.25, -0.2) is 9.59 Å². The molecule has 1 rings (SSSR count). The van der Waals surface area contributed by atoms with E-state index in [0.717, 1.165) is 0 Å². The van der Waals surface area contributed by atoms with E-state index in [0.29, 0.717) is 5.56 Å². The van der Waals surface area contributed by atoms with Crippen LogP contribution in [0.3, 0.4) is 0 Å². The van der Waals surface area contributed by atoms with E-state index < -0.39 is 12.3 Å². The summed E-state index contributed by atoms with van der Waals surface area (Å²) >= 11 is 0. The molecule has 0 aliphatic heterocycles. The van der Waals surface area contributed by atoms with Gasteiger partial charge in [-0.3, -0.25) is 0 Å². The number of hydrogen-bond acceptors (Lipinski definition) is 4. The van der Waals surface area contributed by atoms with Crippen molar-refractivity contribution in [3.63, 3.8) is 0 Å². The van der Waals surface area contributed by atoms with Crippen molar-refractivity contribution in [3.05, 3.63) is 23.8 Å². The molecule has 0 heterocycles. The number of rotatable bonds is 2. The summed E-state index contributed by atoms with van der Waals surface area (Å²) in [6.07, 6.45) is -2.94. The Balaban J connectivity index is 2.94. The lowest BCUT2D eigenvalue weighted by molar-refractivity contribution is 0.143. The highest BCUT2D eigenvalue weighted by molar-refractivity contribution is 5.64. The van der Waals surface area contributed by atoms with Gasteiger partial charge in [0.15, 0.2) is 0 Å². The predicted molar refractivity (Wildman–Crippen MR) is 48.5 cm³/mol. The van der Waals surface area contributed by atoms with Crippen molar-refractivity contribution in [2.24, 2.45) is 0 Å². The minimum atomic E-state index is -1.47. The molecule has 6 heteroatoms. The molecule has 1 aromatic carbocycles. The Bertz CT molecular complexity index is 363. The largest absolute Gasteiger partial charge is 0.511 e. The molecule has 0 saturated carbocycles. The van der Waals surface area contributed by atoms with Crippen molar-refractivity contribution in [1.82, 2.24) is 0 Å². The van der Waals surface area contributed by atoms with Crippen LogP contribution >= 0.6 is 0 Å². The summed E-state index contributed by atoms with van der Waals surface area (Å²) in [6, 6.07) is 4.07. The Labute approximate surface area is 84.7 Å². The second kappa shape index (κ2) is 4.32. The molecule has 0 fully saturated rings. The van der Waals surface area contributed by atoms with E-state index >= 15 is 0 Å². The summed E-state index contributed by atoms with van der Waals surface area (Å²) in [6.45, 7) is 1.66. The van der Waals surface area contributed by atoms with Gasteiger partial charge in [-0.1, -0.05) is 0 Å². The van der Waals surface area contributed by atoms with E-state index in [4.69, 9.17) is 10.2 Å². The van der Waals surface area contributed by atoms with Gasteiger partial charge in [0.2, 0.25) is 0 Å². The second-order valence-electron chi connectivity index (χ2n) is 2.72. The number of aryl methyl sites for hydroxylation is 1. The molecule has 0 aliphatic carbocycles. The molecule has 0 spiro atoms. The summed E-state index contributed by atoms with van der Waals surface area (Å²) in [5.74, 6) is 0.0255. The maximum Gasteiger partial charge on any atom is 0.511 e. The first kappa shape index (κ1) is 10.8. The summed E-state index contributed by atoms with van der Waals surface area (Å²) in [5.41, 5.74) is 0.630. The lowest BCUT2D eigenvalue weighted by atomic mass is 10.2. The summed E-state index contributed by atoms with van der Waals surface area (Å²) < 4.78 is 8.72. The molecule has 0 amide bonds. The van der Waals surface area contributed by atoms with E-state index in [1.165, 1.54) is 18.2 Å². The lowest BCUT2D eigenvalue weighted by Gasteiger charge is -2.04. The molecule has 2 N–H and O–H groups in total. The molecule has 0 unspecified atom stereocenters. The smallest absolute Gasteiger partial charge is 0.449 e. The first-order chi connectivity index (χ1) is 6.97. The highest BCUT2D eigenvalue weighted by Crippen LogP contribution is 2.22. The molecule has 15 heavy (non-hydrogen) atoms.